The lowest BCUT2D eigenvalue weighted by Crippen LogP contribution is -2.51. The lowest BCUT2D eigenvalue weighted by molar-refractivity contribution is -0.131. The summed E-state index contributed by atoms with van der Waals surface area (Å²) in [6, 6.07) is 1.92. The number of carbonyl (C=O) groups excluding carboxylic acids is 1. The van der Waals surface area contributed by atoms with Crippen LogP contribution in [0.5, 0.6) is 0 Å². The van der Waals surface area contributed by atoms with Crippen molar-refractivity contribution in [2.75, 3.05) is 13.2 Å². The van der Waals surface area contributed by atoms with Gasteiger partial charge in [0.25, 0.3) is 0 Å². The highest BCUT2D eigenvalue weighted by Gasteiger charge is 2.42. The highest BCUT2D eigenvalue weighted by molar-refractivity contribution is 7.80. The molecule has 2 rings (SSSR count). The Morgan fingerprint density at radius 2 is 2.25 bits per heavy atom. The third kappa shape index (κ3) is 2.96. The van der Waals surface area contributed by atoms with Crippen LogP contribution in [0.25, 0.3) is 0 Å². The average Bonchev–Trinajstić information content (AvgIpc) is 2.46. The van der Waals surface area contributed by atoms with Gasteiger partial charge in [-0.25, -0.2) is 0 Å². The van der Waals surface area contributed by atoms with Crippen molar-refractivity contribution in [1.29, 1.82) is 0 Å². The maximum atomic E-state index is 12.5. The van der Waals surface area contributed by atoms with Gasteiger partial charge in [-0.15, -0.1) is 0 Å². The smallest absolute Gasteiger partial charge is 0.233 e. The predicted molar refractivity (Wildman–Crippen MR) is 80.1 cm³/mol. The zero-order valence-corrected chi connectivity index (χ0v) is 12.3. The molecule has 1 aromatic heterocycles. The summed E-state index contributed by atoms with van der Waals surface area (Å²) < 4.78 is 5.30. The van der Waals surface area contributed by atoms with Crippen LogP contribution >= 0.6 is 12.2 Å². The molecule has 1 amide bonds. The van der Waals surface area contributed by atoms with Gasteiger partial charge >= 0.3 is 0 Å². The van der Waals surface area contributed by atoms with E-state index in [0.29, 0.717) is 32.6 Å². The number of pyridine rings is 1. The number of ether oxygens (including phenoxy) is 1. The second kappa shape index (κ2) is 6.28. The molecule has 5 nitrogen and oxygen atoms in total. The summed E-state index contributed by atoms with van der Waals surface area (Å²) in [5.74, 6) is -0.114. The molecule has 6 heteroatoms. The second-order valence-electron chi connectivity index (χ2n) is 5.04. The Labute approximate surface area is 123 Å². The van der Waals surface area contributed by atoms with E-state index < -0.39 is 5.41 Å². The van der Waals surface area contributed by atoms with Crippen molar-refractivity contribution in [1.82, 2.24) is 10.3 Å². The molecule has 0 radical (unpaired) electrons. The van der Waals surface area contributed by atoms with Crippen molar-refractivity contribution >= 4 is 23.1 Å². The molecule has 1 fully saturated rings. The molecule has 0 aromatic carbocycles. The number of carbonyl (C=O) groups is 1. The molecule has 0 atom stereocenters. The molecule has 0 saturated carbocycles. The number of rotatable bonds is 4. The summed E-state index contributed by atoms with van der Waals surface area (Å²) in [6.07, 6.45) is 4.57. The number of amides is 1. The van der Waals surface area contributed by atoms with E-state index in [4.69, 9.17) is 22.7 Å². The van der Waals surface area contributed by atoms with Gasteiger partial charge < -0.3 is 15.8 Å². The van der Waals surface area contributed by atoms with Crippen molar-refractivity contribution in [3.63, 3.8) is 0 Å². The molecule has 0 spiro atoms. The average molecular weight is 293 g/mol. The minimum Gasteiger partial charge on any atom is -0.392 e. The molecule has 0 unspecified atom stereocenters. The summed E-state index contributed by atoms with van der Waals surface area (Å²) in [4.78, 5) is 16.8. The minimum atomic E-state index is -0.774. The van der Waals surface area contributed by atoms with Crippen molar-refractivity contribution in [3.8, 4) is 0 Å². The van der Waals surface area contributed by atoms with Crippen LogP contribution in [0.2, 0.25) is 0 Å². The van der Waals surface area contributed by atoms with Gasteiger partial charge in [0.15, 0.2) is 0 Å². The molecule has 1 aliphatic heterocycles. The Balaban J connectivity index is 2.06. The molecule has 3 N–H and O–H groups in total. The Bertz CT molecular complexity index is 513. The fourth-order valence-electron chi connectivity index (χ4n) is 2.33. The quantitative estimate of drug-likeness (QED) is 0.813. The Morgan fingerprint density at radius 3 is 2.85 bits per heavy atom. The van der Waals surface area contributed by atoms with Gasteiger partial charge in [0.05, 0.1) is 4.99 Å². The maximum absolute atomic E-state index is 12.5. The number of hydrogen-bond acceptors (Lipinski definition) is 4. The van der Waals surface area contributed by atoms with E-state index in [2.05, 4.69) is 10.3 Å². The third-order valence-electron chi connectivity index (χ3n) is 3.84. The van der Waals surface area contributed by atoms with E-state index in [9.17, 15) is 4.79 Å². The number of aromatic nitrogens is 1. The van der Waals surface area contributed by atoms with Gasteiger partial charge in [-0.1, -0.05) is 12.2 Å². The SMILES string of the molecule is Cc1ccncc1CNC(=O)C1(C(N)=S)CCOCC1. The van der Waals surface area contributed by atoms with E-state index in [1.165, 1.54) is 0 Å². The lowest BCUT2D eigenvalue weighted by Gasteiger charge is -2.34. The lowest BCUT2D eigenvalue weighted by atomic mass is 9.79. The van der Waals surface area contributed by atoms with Crippen molar-refractivity contribution < 1.29 is 9.53 Å². The van der Waals surface area contributed by atoms with Crippen LogP contribution in [0.4, 0.5) is 0 Å². The van der Waals surface area contributed by atoms with Crippen molar-refractivity contribution in [2.45, 2.75) is 26.3 Å². The third-order valence-corrected chi connectivity index (χ3v) is 4.23. The first-order valence-corrected chi connectivity index (χ1v) is 7.02. The molecule has 0 aliphatic carbocycles. The first kappa shape index (κ1) is 14.9. The van der Waals surface area contributed by atoms with Gasteiger partial charge in [0, 0.05) is 32.2 Å². The molecule has 108 valence electrons. The van der Waals surface area contributed by atoms with Gasteiger partial charge in [0.1, 0.15) is 5.41 Å². The summed E-state index contributed by atoms with van der Waals surface area (Å²) in [5.41, 5.74) is 7.12. The summed E-state index contributed by atoms with van der Waals surface area (Å²) in [6.45, 7) is 3.44. The van der Waals surface area contributed by atoms with Crippen LogP contribution in [-0.4, -0.2) is 29.1 Å². The number of nitrogens with zero attached hydrogens (tertiary/aromatic N) is 1. The van der Waals surface area contributed by atoms with Crippen LogP contribution in [0.3, 0.4) is 0 Å². The van der Waals surface area contributed by atoms with E-state index >= 15 is 0 Å². The van der Waals surface area contributed by atoms with Crippen LogP contribution < -0.4 is 11.1 Å². The number of thiocarbonyl (C=S) groups is 1. The Hall–Kier alpha value is -1.53. The van der Waals surface area contributed by atoms with Crippen molar-refractivity contribution in [2.24, 2.45) is 11.1 Å². The molecule has 2 heterocycles. The van der Waals surface area contributed by atoms with Crippen LogP contribution in [0.15, 0.2) is 18.5 Å². The highest BCUT2D eigenvalue weighted by Crippen LogP contribution is 2.31. The van der Waals surface area contributed by atoms with E-state index in [-0.39, 0.29) is 10.9 Å². The number of aryl methyl sites for hydroxylation is 1. The fraction of sp³-hybridized carbons (Fsp3) is 0.500. The first-order valence-electron chi connectivity index (χ1n) is 6.62. The van der Waals surface area contributed by atoms with Crippen molar-refractivity contribution in [3.05, 3.63) is 29.6 Å². The first-order chi connectivity index (χ1) is 9.56. The van der Waals surface area contributed by atoms with Crippen LogP contribution in [-0.2, 0) is 16.1 Å². The largest absolute Gasteiger partial charge is 0.392 e. The van der Waals surface area contributed by atoms with E-state index in [1.807, 2.05) is 13.0 Å². The number of hydrogen-bond donors (Lipinski definition) is 2. The predicted octanol–water partition coefficient (Wildman–Crippen LogP) is 1.09. The molecular formula is C14H19N3O2S. The molecule has 0 bridgehead atoms. The van der Waals surface area contributed by atoms with Crippen LogP contribution in [0.1, 0.15) is 24.0 Å². The topological polar surface area (TPSA) is 77.2 Å². The summed E-state index contributed by atoms with van der Waals surface area (Å²) >= 11 is 5.11. The van der Waals surface area contributed by atoms with Gasteiger partial charge in [-0.05, 0) is 37.0 Å². The fourth-order valence-corrected chi connectivity index (χ4v) is 2.63. The maximum Gasteiger partial charge on any atom is 0.233 e. The number of nitrogens with two attached hydrogens (primary N) is 1. The van der Waals surface area contributed by atoms with E-state index in [1.54, 1.807) is 12.4 Å². The van der Waals surface area contributed by atoms with Gasteiger partial charge in [0.2, 0.25) is 5.91 Å². The second-order valence-corrected chi connectivity index (χ2v) is 5.48. The molecular weight excluding hydrogens is 274 g/mol. The summed E-state index contributed by atoms with van der Waals surface area (Å²) in [5, 5.41) is 2.93. The van der Waals surface area contributed by atoms with Crippen LogP contribution in [0, 0.1) is 12.3 Å². The molecule has 20 heavy (non-hydrogen) atoms. The number of nitrogens with one attached hydrogen (secondary N) is 1. The monoisotopic (exact) mass is 293 g/mol. The van der Waals surface area contributed by atoms with Gasteiger partial charge in [-0.2, -0.15) is 0 Å². The molecule has 1 aromatic rings. The zero-order valence-electron chi connectivity index (χ0n) is 11.5. The normalized spacial score (nSPS) is 17.4. The minimum absolute atomic E-state index is 0.114. The Kier molecular flexibility index (Phi) is 4.67. The summed E-state index contributed by atoms with van der Waals surface area (Å²) in [7, 11) is 0. The Morgan fingerprint density at radius 1 is 1.55 bits per heavy atom. The van der Waals surface area contributed by atoms with E-state index in [0.717, 1.165) is 11.1 Å². The standard InChI is InChI=1S/C14H19N3O2S/c1-10-2-5-16-8-11(10)9-17-13(18)14(12(15)20)3-6-19-7-4-14/h2,5,8H,3-4,6-7,9H2,1H3,(H2,15,20)(H,17,18). The molecule has 1 aliphatic rings. The zero-order chi connectivity index (χ0) is 14.6. The molecule has 1 saturated heterocycles. The highest BCUT2D eigenvalue weighted by atomic mass is 32.1. The van der Waals surface area contributed by atoms with Gasteiger partial charge in [-0.3, -0.25) is 9.78 Å².